The van der Waals surface area contributed by atoms with Crippen LogP contribution in [-0.2, 0) is 6.42 Å². The zero-order valence-electron chi connectivity index (χ0n) is 13.0. The maximum absolute atomic E-state index is 11.4. The minimum atomic E-state index is -0.406. The largest absolute Gasteiger partial charge is 0.496 e. The Bertz CT molecular complexity index is 847. The van der Waals surface area contributed by atoms with Crippen LogP contribution in [0.4, 0.5) is 17.3 Å². The summed E-state index contributed by atoms with van der Waals surface area (Å²) < 4.78 is 5.33. The van der Waals surface area contributed by atoms with Crippen LogP contribution < -0.4 is 10.1 Å². The van der Waals surface area contributed by atoms with Gasteiger partial charge in [-0.1, -0.05) is 24.3 Å². The SMILES string of the molecule is COc1ccccc1Cc1ccc(Nc2ncc[nH]2)c([N+](=O)[O-])c1. The molecule has 0 aliphatic rings. The highest BCUT2D eigenvalue weighted by Crippen LogP contribution is 2.29. The van der Waals surface area contributed by atoms with Crippen molar-refractivity contribution in [2.24, 2.45) is 0 Å². The zero-order chi connectivity index (χ0) is 16.9. The fourth-order valence-corrected chi connectivity index (χ4v) is 2.47. The molecule has 0 aliphatic heterocycles. The molecule has 0 saturated heterocycles. The molecule has 3 rings (SSSR count). The number of benzene rings is 2. The van der Waals surface area contributed by atoms with E-state index in [-0.39, 0.29) is 5.69 Å². The lowest BCUT2D eigenvalue weighted by molar-refractivity contribution is -0.384. The number of aromatic nitrogens is 2. The highest BCUT2D eigenvalue weighted by atomic mass is 16.6. The zero-order valence-corrected chi connectivity index (χ0v) is 13.0. The molecule has 0 saturated carbocycles. The van der Waals surface area contributed by atoms with E-state index in [1.54, 1.807) is 31.6 Å². The Morgan fingerprint density at radius 2 is 2.12 bits per heavy atom. The van der Waals surface area contributed by atoms with Gasteiger partial charge >= 0.3 is 0 Å². The Morgan fingerprint density at radius 3 is 2.83 bits per heavy atom. The van der Waals surface area contributed by atoms with E-state index in [1.165, 1.54) is 0 Å². The molecule has 0 bridgehead atoms. The summed E-state index contributed by atoms with van der Waals surface area (Å²) in [6.45, 7) is 0. The normalized spacial score (nSPS) is 10.4. The van der Waals surface area contributed by atoms with Crippen LogP contribution in [0.1, 0.15) is 11.1 Å². The maximum Gasteiger partial charge on any atom is 0.293 e. The number of hydrogen-bond acceptors (Lipinski definition) is 5. The van der Waals surface area contributed by atoms with Crippen LogP contribution in [0.25, 0.3) is 0 Å². The molecule has 24 heavy (non-hydrogen) atoms. The summed E-state index contributed by atoms with van der Waals surface area (Å²) in [5, 5.41) is 14.3. The van der Waals surface area contributed by atoms with Gasteiger partial charge in [-0.05, 0) is 23.3 Å². The van der Waals surface area contributed by atoms with Gasteiger partial charge in [0.15, 0.2) is 0 Å². The third kappa shape index (κ3) is 3.35. The Labute approximate surface area is 138 Å². The van der Waals surface area contributed by atoms with Crippen LogP contribution in [0.5, 0.6) is 5.75 Å². The summed E-state index contributed by atoms with van der Waals surface area (Å²) in [5.74, 6) is 1.22. The van der Waals surface area contributed by atoms with Gasteiger partial charge in [0.1, 0.15) is 11.4 Å². The molecular weight excluding hydrogens is 308 g/mol. The number of nitrogens with zero attached hydrogens (tertiary/aromatic N) is 2. The maximum atomic E-state index is 11.4. The van der Waals surface area contributed by atoms with Crippen molar-refractivity contribution in [3.63, 3.8) is 0 Å². The van der Waals surface area contributed by atoms with Gasteiger partial charge < -0.3 is 15.0 Å². The second-order valence-electron chi connectivity index (χ2n) is 5.16. The average molecular weight is 324 g/mol. The predicted octanol–water partition coefficient (Wildman–Crippen LogP) is 3.66. The van der Waals surface area contributed by atoms with Crippen molar-refractivity contribution in [3.05, 3.63) is 76.1 Å². The predicted molar refractivity (Wildman–Crippen MR) is 90.8 cm³/mol. The van der Waals surface area contributed by atoms with Crippen LogP contribution in [0, 0.1) is 10.1 Å². The van der Waals surface area contributed by atoms with E-state index in [0.29, 0.717) is 18.1 Å². The molecule has 0 radical (unpaired) electrons. The van der Waals surface area contributed by atoms with Crippen LogP contribution in [0.3, 0.4) is 0 Å². The van der Waals surface area contributed by atoms with E-state index in [1.807, 2.05) is 30.3 Å². The first-order valence-corrected chi connectivity index (χ1v) is 7.33. The summed E-state index contributed by atoms with van der Waals surface area (Å²) >= 11 is 0. The molecule has 1 heterocycles. The molecule has 0 atom stereocenters. The first kappa shape index (κ1) is 15.5. The highest BCUT2D eigenvalue weighted by molar-refractivity contribution is 5.67. The molecule has 7 nitrogen and oxygen atoms in total. The number of ether oxygens (including phenoxy) is 1. The molecule has 1 aromatic heterocycles. The third-order valence-electron chi connectivity index (χ3n) is 3.60. The number of anilines is 2. The average Bonchev–Trinajstić information content (AvgIpc) is 3.09. The fourth-order valence-electron chi connectivity index (χ4n) is 2.47. The van der Waals surface area contributed by atoms with Gasteiger partial charge in [0.05, 0.1) is 12.0 Å². The molecule has 0 unspecified atom stereocenters. The van der Waals surface area contributed by atoms with Crippen molar-refractivity contribution in [2.45, 2.75) is 6.42 Å². The van der Waals surface area contributed by atoms with E-state index in [0.717, 1.165) is 16.9 Å². The summed E-state index contributed by atoms with van der Waals surface area (Å²) in [6.07, 6.45) is 3.76. The minimum Gasteiger partial charge on any atom is -0.496 e. The first-order chi connectivity index (χ1) is 11.7. The number of H-pyrrole nitrogens is 1. The van der Waals surface area contributed by atoms with Crippen LogP contribution in [0.15, 0.2) is 54.9 Å². The lowest BCUT2D eigenvalue weighted by Crippen LogP contribution is -2.00. The number of nitro groups is 1. The standard InChI is InChI=1S/C17H16N4O3/c1-24-16-5-3-2-4-13(16)10-12-6-7-14(15(11-12)21(22)23)20-17-18-8-9-19-17/h2-9,11H,10H2,1H3,(H2,18,19,20). The number of para-hydroxylation sites is 1. The van der Waals surface area contributed by atoms with E-state index < -0.39 is 4.92 Å². The van der Waals surface area contributed by atoms with Crippen LogP contribution >= 0.6 is 0 Å². The topological polar surface area (TPSA) is 93.1 Å². The third-order valence-corrected chi connectivity index (χ3v) is 3.60. The number of methoxy groups -OCH3 is 1. The Balaban J connectivity index is 1.90. The molecule has 0 aliphatic carbocycles. The Morgan fingerprint density at radius 1 is 1.29 bits per heavy atom. The van der Waals surface area contributed by atoms with Crippen molar-refractivity contribution in [3.8, 4) is 5.75 Å². The van der Waals surface area contributed by atoms with Crippen molar-refractivity contribution in [2.75, 3.05) is 12.4 Å². The molecule has 0 amide bonds. The number of aromatic amines is 1. The molecule has 0 fully saturated rings. The van der Waals surface area contributed by atoms with E-state index >= 15 is 0 Å². The lowest BCUT2D eigenvalue weighted by atomic mass is 10.0. The van der Waals surface area contributed by atoms with Crippen LogP contribution in [-0.4, -0.2) is 22.0 Å². The summed E-state index contributed by atoms with van der Waals surface area (Å²) in [4.78, 5) is 17.9. The summed E-state index contributed by atoms with van der Waals surface area (Å²) in [7, 11) is 1.61. The number of hydrogen-bond donors (Lipinski definition) is 2. The smallest absolute Gasteiger partial charge is 0.293 e. The van der Waals surface area contributed by atoms with Gasteiger partial charge in [0.25, 0.3) is 5.69 Å². The molecule has 2 aromatic carbocycles. The lowest BCUT2D eigenvalue weighted by Gasteiger charge is -2.10. The van der Waals surface area contributed by atoms with Gasteiger partial charge in [-0.2, -0.15) is 0 Å². The van der Waals surface area contributed by atoms with Crippen molar-refractivity contribution < 1.29 is 9.66 Å². The van der Waals surface area contributed by atoms with E-state index in [9.17, 15) is 10.1 Å². The van der Waals surface area contributed by atoms with Gasteiger partial charge in [0, 0.05) is 24.9 Å². The second-order valence-corrected chi connectivity index (χ2v) is 5.16. The number of imidazole rings is 1. The quantitative estimate of drug-likeness (QED) is 0.533. The van der Waals surface area contributed by atoms with Crippen molar-refractivity contribution in [1.82, 2.24) is 9.97 Å². The molecule has 0 spiro atoms. The van der Waals surface area contributed by atoms with E-state index in [2.05, 4.69) is 15.3 Å². The summed E-state index contributed by atoms with van der Waals surface area (Å²) in [5.41, 5.74) is 2.19. The van der Waals surface area contributed by atoms with Gasteiger partial charge in [0.2, 0.25) is 5.95 Å². The highest BCUT2D eigenvalue weighted by Gasteiger charge is 2.16. The van der Waals surface area contributed by atoms with Gasteiger partial charge in [-0.15, -0.1) is 0 Å². The molecule has 3 aromatic rings. The number of nitro benzene ring substituents is 1. The van der Waals surface area contributed by atoms with E-state index in [4.69, 9.17) is 4.74 Å². The monoisotopic (exact) mass is 324 g/mol. The summed E-state index contributed by atoms with van der Waals surface area (Å²) in [6, 6.07) is 12.7. The molecule has 2 N–H and O–H groups in total. The fraction of sp³-hybridized carbons (Fsp3) is 0.118. The van der Waals surface area contributed by atoms with Crippen molar-refractivity contribution in [1.29, 1.82) is 0 Å². The number of rotatable bonds is 6. The number of nitrogens with one attached hydrogen (secondary N) is 2. The molecule has 7 heteroatoms. The molecule has 122 valence electrons. The first-order valence-electron chi connectivity index (χ1n) is 7.33. The Hall–Kier alpha value is -3.35. The minimum absolute atomic E-state index is 0.00111. The van der Waals surface area contributed by atoms with Gasteiger partial charge in [-0.3, -0.25) is 10.1 Å². The van der Waals surface area contributed by atoms with Crippen LogP contribution in [0.2, 0.25) is 0 Å². The van der Waals surface area contributed by atoms with Gasteiger partial charge in [-0.25, -0.2) is 4.98 Å². The molecular formula is C17H16N4O3. The second kappa shape index (κ2) is 6.82. The Kier molecular flexibility index (Phi) is 4.42. The van der Waals surface area contributed by atoms with Crippen molar-refractivity contribution >= 4 is 17.3 Å².